The van der Waals surface area contributed by atoms with E-state index < -0.39 is 5.97 Å². The van der Waals surface area contributed by atoms with Crippen LogP contribution in [0, 0.1) is 11.5 Å². The summed E-state index contributed by atoms with van der Waals surface area (Å²) in [6.07, 6.45) is 1.48. The summed E-state index contributed by atoms with van der Waals surface area (Å²) in [4.78, 5) is 10.6. The van der Waals surface area contributed by atoms with Gasteiger partial charge in [-0.25, -0.2) is 4.79 Å². The number of hydrogen-bond acceptors (Lipinski definition) is 4. The molecule has 0 saturated heterocycles. The fourth-order valence-electron chi connectivity index (χ4n) is 0.934. The van der Waals surface area contributed by atoms with Crippen LogP contribution in [0.3, 0.4) is 0 Å². The summed E-state index contributed by atoms with van der Waals surface area (Å²) < 4.78 is 9.40. The normalized spacial score (nSPS) is 8.86. The molecule has 0 saturated carbocycles. The highest BCUT2D eigenvalue weighted by atomic mass is 16.5. The van der Waals surface area contributed by atoms with Crippen LogP contribution in [0.1, 0.15) is 10.4 Å². The van der Waals surface area contributed by atoms with E-state index in [1.165, 1.54) is 31.6 Å². The molecule has 0 bridgehead atoms. The van der Waals surface area contributed by atoms with Crippen LogP contribution < -0.4 is 9.47 Å². The number of ether oxygens (including phenoxy) is 2. The first-order valence-electron chi connectivity index (χ1n) is 3.66. The first-order valence-corrected chi connectivity index (χ1v) is 3.66. The predicted octanol–water partition coefficient (Wildman–Crippen LogP) is 1.25. The van der Waals surface area contributed by atoms with Crippen molar-refractivity contribution < 1.29 is 19.4 Å². The molecular formula is C9H7NO4. The molecule has 0 spiro atoms. The molecule has 1 rings (SSSR count). The van der Waals surface area contributed by atoms with Crippen molar-refractivity contribution in [1.82, 2.24) is 0 Å². The van der Waals surface area contributed by atoms with Crippen molar-refractivity contribution in [1.29, 1.82) is 5.26 Å². The molecule has 0 unspecified atom stereocenters. The van der Waals surface area contributed by atoms with E-state index in [1.807, 2.05) is 0 Å². The van der Waals surface area contributed by atoms with Crippen LogP contribution >= 0.6 is 0 Å². The number of nitrogens with zero attached hydrogens (tertiary/aromatic N) is 1. The smallest absolute Gasteiger partial charge is 0.335 e. The number of carbonyl (C=O) groups is 1. The van der Waals surface area contributed by atoms with Crippen LogP contribution in [0.2, 0.25) is 0 Å². The van der Waals surface area contributed by atoms with Gasteiger partial charge in [-0.05, 0) is 18.2 Å². The van der Waals surface area contributed by atoms with Crippen LogP contribution in [0.4, 0.5) is 0 Å². The minimum Gasteiger partial charge on any atom is -0.493 e. The Hall–Kier alpha value is -2.22. The third kappa shape index (κ3) is 1.93. The Labute approximate surface area is 80.1 Å². The number of hydrogen-bond donors (Lipinski definition) is 1. The van der Waals surface area contributed by atoms with E-state index in [-0.39, 0.29) is 17.1 Å². The van der Waals surface area contributed by atoms with Gasteiger partial charge < -0.3 is 14.6 Å². The molecular weight excluding hydrogens is 186 g/mol. The highest BCUT2D eigenvalue weighted by molar-refractivity contribution is 5.88. The standard InChI is InChI=1S/C9H7NO4/c1-13-8-4-6(9(11)12)2-3-7(8)14-5-10/h2-4H,1H3,(H,11,12). The minimum absolute atomic E-state index is 0.0761. The van der Waals surface area contributed by atoms with Crippen molar-refractivity contribution in [3.05, 3.63) is 23.8 Å². The Morgan fingerprint density at radius 3 is 2.71 bits per heavy atom. The second kappa shape index (κ2) is 4.14. The van der Waals surface area contributed by atoms with Crippen LogP contribution in [0.25, 0.3) is 0 Å². The zero-order chi connectivity index (χ0) is 10.6. The lowest BCUT2D eigenvalue weighted by Crippen LogP contribution is -1.98. The molecule has 0 aliphatic rings. The molecule has 0 aliphatic heterocycles. The van der Waals surface area contributed by atoms with Crippen LogP contribution in [-0.4, -0.2) is 18.2 Å². The molecule has 0 amide bonds. The molecule has 72 valence electrons. The monoisotopic (exact) mass is 193 g/mol. The number of aromatic carboxylic acids is 1. The highest BCUT2D eigenvalue weighted by Gasteiger charge is 2.09. The third-order valence-corrected chi connectivity index (χ3v) is 1.57. The van der Waals surface area contributed by atoms with Crippen molar-refractivity contribution in [3.8, 4) is 17.8 Å². The lowest BCUT2D eigenvalue weighted by Gasteiger charge is -2.05. The average Bonchev–Trinajstić information content (AvgIpc) is 2.18. The number of carboxylic acids is 1. The van der Waals surface area contributed by atoms with E-state index in [0.717, 1.165) is 0 Å². The maximum absolute atomic E-state index is 10.6. The zero-order valence-electron chi connectivity index (χ0n) is 7.35. The third-order valence-electron chi connectivity index (χ3n) is 1.57. The van der Waals surface area contributed by atoms with E-state index in [0.29, 0.717) is 0 Å². The van der Waals surface area contributed by atoms with E-state index in [2.05, 4.69) is 4.74 Å². The summed E-state index contributed by atoms with van der Waals surface area (Å²) in [6.45, 7) is 0. The molecule has 0 aliphatic carbocycles. The predicted molar refractivity (Wildman–Crippen MR) is 46.2 cm³/mol. The van der Waals surface area contributed by atoms with Crippen molar-refractivity contribution in [2.75, 3.05) is 7.11 Å². The number of methoxy groups -OCH3 is 1. The zero-order valence-corrected chi connectivity index (χ0v) is 7.35. The van der Waals surface area contributed by atoms with E-state index in [4.69, 9.17) is 15.1 Å². The Kier molecular flexibility index (Phi) is 2.92. The maximum atomic E-state index is 10.6. The quantitative estimate of drug-likeness (QED) is 0.731. The summed E-state index contributed by atoms with van der Waals surface area (Å²) in [6, 6.07) is 3.98. The van der Waals surface area contributed by atoms with E-state index in [1.54, 1.807) is 0 Å². The summed E-state index contributed by atoms with van der Waals surface area (Å²) in [5.41, 5.74) is 0.0761. The van der Waals surface area contributed by atoms with Gasteiger partial charge in [0.1, 0.15) is 0 Å². The molecule has 0 aromatic heterocycles. The van der Waals surface area contributed by atoms with Gasteiger partial charge in [0, 0.05) is 0 Å². The molecule has 5 nitrogen and oxygen atoms in total. The fourth-order valence-corrected chi connectivity index (χ4v) is 0.934. The lowest BCUT2D eigenvalue weighted by molar-refractivity contribution is 0.0696. The Bertz CT molecular complexity index is 394. The molecule has 1 aromatic carbocycles. The molecule has 5 heteroatoms. The van der Waals surface area contributed by atoms with Gasteiger partial charge in [0.05, 0.1) is 12.7 Å². The fraction of sp³-hybridized carbons (Fsp3) is 0.111. The average molecular weight is 193 g/mol. The summed E-state index contributed by atoms with van der Waals surface area (Å²) in [7, 11) is 1.37. The minimum atomic E-state index is -1.06. The second-order valence-electron chi connectivity index (χ2n) is 2.36. The number of benzene rings is 1. The van der Waals surface area contributed by atoms with E-state index in [9.17, 15) is 4.79 Å². The Balaban J connectivity index is 3.12. The van der Waals surface area contributed by atoms with Gasteiger partial charge in [0.15, 0.2) is 11.5 Å². The van der Waals surface area contributed by atoms with Crippen LogP contribution in [0.15, 0.2) is 18.2 Å². The topological polar surface area (TPSA) is 79.6 Å². The number of nitriles is 1. The SMILES string of the molecule is COc1cc(C(=O)O)ccc1OC#N. The highest BCUT2D eigenvalue weighted by Crippen LogP contribution is 2.27. The van der Waals surface area contributed by atoms with Crippen molar-refractivity contribution in [2.24, 2.45) is 0 Å². The summed E-state index contributed by atoms with van der Waals surface area (Å²) >= 11 is 0. The molecule has 0 atom stereocenters. The molecule has 0 radical (unpaired) electrons. The summed E-state index contributed by atoms with van der Waals surface area (Å²) in [5, 5.41) is 16.9. The van der Waals surface area contributed by atoms with Gasteiger partial charge in [-0.15, -0.1) is 5.26 Å². The molecule has 0 fully saturated rings. The molecule has 1 N–H and O–H groups in total. The maximum Gasteiger partial charge on any atom is 0.335 e. The molecule has 0 heterocycles. The van der Waals surface area contributed by atoms with Gasteiger partial charge in [0.25, 0.3) is 6.26 Å². The Morgan fingerprint density at radius 1 is 1.50 bits per heavy atom. The van der Waals surface area contributed by atoms with Crippen molar-refractivity contribution in [2.45, 2.75) is 0 Å². The van der Waals surface area contributed by atoms with Crippen molar-refractivity contribution in [3.63, 3.8) is 0 Å². The van der Waals surface area contributed by atoms with Gasteiger partial charge in [-0.3, -0.25) is 0 Å². The number of rotatable bonds is 3. The lowest BCUT2D eigenvalue weighted by atomic mass is 10.2. The molecule has 14 heavy (non-hydrogen) atoms. The van der Waals surface area contributed by atoms with Crippen LogP contribution in [0.5, 0.6) is 11.5 Å². The first-order chi connectivity index (χ1) is 6.69. The van der Waals surface area contributed by atoms with Gasteiger partial charge >= 0.3 is 5.97 Å². The van der Waals surface area contributed by atoms with Gasteiger partial charge in [0.2, 0.25) is 0 Å². The second-order valence-corrected chi connectivity index (χ2v) is 2.36. The van der Waals surface area contributed by atoms with E-state index >= 15 is 0 Å². The van der Waals surface area contributed by atoms with Crippen LogP contribution in [-0.2, 0) is 0 Å². The largest absolute Gasteiger partial charge is 0.493 e. The van der Waals surface area contributed by atoms with Crippen molar-refractivity contribution >= 4 is 5.97 Å². The van der Waals surface area contributed by atoms with Gasteiger partial charge in [-0.2, -0.15) is 0 Å². The summed E-state index contributed by atoms with van der Waals surface area (Å²) in [5.74, 6) is -0.654. The first kappa shape index (κ1) is 9.86. The Morgan fingerprint density at radius 2 is 2.21 bits per heavy atom. The number of carboxylic acid groups (broad SMARTS) is 1. The van der Waals surface area contributed by atoms with Gasteiger partial charge in [-0.1, -0.05) is 0 Å². The molecule has 1 aromatic rings.